The average molecular weight is 285 g/mol. The zero-order chi connectivity index (χ0) is 13.3. The van der Waals surface area contributed by atoms with Crippen LogP contribution in [-0.2, 0) is 9.53 Å². The molecule has 0 aliphatic rings. The number of carboxylic acid groups (broad SMARTS) is 1. The number of ether oxygens (including phenoxy) is 1. The predicted molar refractivity (Wildman–Crippen MR) is 72.1 cm³/mol. The minimum absolute atomic E-state index is 0. The van der Waals surface area contributed by atoms with Gasteiger partial charge >= 0.3 is 63.4 Å². The van der Waals surface area contributed by atoms with E-state index in [0.29, 0.717) is 13.0 Å². The van der Waals surface area contributed by atoms with E-state index in [0.717, 1.165) is 19.3 Å². The summed E-state index contributed by atoms with van der Waals surface area (Å²) in [6.45, 7) is 6.03. The van der Waals surface area contributed by atoms with Crippen molar-refractivity contribution in [2.24, 2.45) is 0 Å². The van der Waals surface area contributed by atoms with E-state index < -0.39 is 17.7 Å². The van der Waals surface area contributed by atoms with Gasteiger partial charge in [-0.05, 0) is 33.6 Å². The second-order valence-electron chi connectivity index (χ2n) is 4.99. The van der Waals surface area contributed by atoms with E-state index in [1.165, 1.54) is 0 Å². The summed E-state index contributed by atoms with van der Waals surface area (Å²) in [7, 11) is 0. The SMILES string of the molecule is CC(C)(C)OC(=O)NCCCCCCC(=O)O.[KH]. The zero-order valence-electron chi connectivity index (χ0n) is 10.9. The van der Waals surface area contributed by atoms with E-state index in [2.05, 4.69) is 5.32 Å². The molecule has 0 saturated carbocycles. The van der Waals surface area contributed by atoms with Crippen molar-refractivity contribution >= 4 is 63.4 Å². The number of carboxylic acids is 1. The molecule has 0 saturated heterocycles. The normalized spacial score (nSPS) is 10.4. The van der Waals surface area contributed by atoms with E-state index in [-0.39, 0.29) is 57.8 Å². The van der Waals surface area contributed by atoms with Crippen LogP contribution in [0.3, 0.4) is 0 Å². The van der Waals surface area contributed by atoms with Crippen LogP contribution in [0.2, 0.25) is 0 Å². The van der Waals surface area contributed by atoms with Crippen LogP contribution < -0.4 is 5.32 Å². The van der Waals surface area contributed by atoms with Crippen molar-refractivity contribution in [2.75, 3.05) is 6.54 Å². The molecule has 0 atom stereocenters. The molecule has 1 amide bonds. The van der Waals surface area contributed by atoms with Gasteiger partial charge in [0.15, 0.2) is 0 Å². The van der Waals surface area contributed by atoms with Crippen molar-refractivity contribution in [1.29, 1.82) is 0 Å². The number of aliphatic carboxylic acids is 1. The molecule has 0 fully saturated rings. The van der Waals surface area contributed by atoms with Crippen molar-refractivity contribution < 1.29 is 19.4 Å². The molecule has 0 aliphatic carbocycles. The fourth-order valence-electron chi connectivity index (χ4n) is 1.26. The van der Waals surface area contributed by atoms with Crippen molar-refractivity contribution in [2.45, 2.75) is 58.5 Å². The Labute approximate surface area is 151 Å². The Balaban J connectivity index is 0. The summed E-state index contributed by atoms with van der Waals surface area (Å²) in [5.74, 6) is -0.753. The third-order valence-electron chi connectivity index (χ3n) is 1.99. The summed E-state index contributed by atoms with van der Waals surface area (Å²) < 4.78 is 5.07. The van der Waals surface area contributed by atoms with Gasteiger partial charge in [0, 0.05) is 13.0 Å². The molecular weight excluding hydrogens is 261 g/mol. The van der Waals surface area contributed by atoms with Crippen LogP contribution in [-0.4, -0.2) is 80.7 Å². The number of nitrogens with one attached hydrogen (secondary N) is 1. The number of alkyl carbamates (subject to hydrolysis) is 1. The van der Waals surface area contributed by atoms with Gasteiger partial charge < -0.3 is 15.2 Å². The second kappa shape index (κ2) is 11.2. The molecule has 6 heteroatoms. The molecule has 0 aromatic heterocycles. The molecule has 0 bridgehead atoms. The Morgan fingerprint density at radius 2 is 1.67 bits per heavy atom. The quantitative estimate of drug-likeness (QED) is 0.553. The van der Waals surface area contributed by atoms with Crippen molar-refractivity contribution in [3.8, 4) is 0 Å². The molecular formula is C12H24KNO4. The molecule has 0 radical (unpaired) electrons. The van der Waals surface area contributed by atoms with Gasteiger partial charge in [0.05, 0.1) is 0 Å². The Morgan fingerprint density at radius 1 is 1.11 bits per heavy atom. The topological polar surface area (TPSA) is 75.6 Å². The van der Waals surface area contributed by atoms with E-state index in [1.807, 2.05) is 20.8 Å². The molecule has 0 unspecified atom stereocenters. The van der Waals surface area contributed by atoms with E-state index >= 15 is 0 Å². The maximum absolute atomic E-state index is 11.2. The molecule has 18 heavy (non-hydrogen) atoms. The van der Waals surface area contributed by atoms with E-state index in [4.69, 9.17) is 9.84 Å². The number of unbranched alkanes of at least 4 members (excludes halogenated alkanes) is 3. The van der Waals surface area contributed by atoms with Gasteiger partial charge in [0.2, 0.25) is 0 Å². The summed E-state index contributed by atoms with van der Waals surface area (Å²) >= 11 is 0. The molecule has 0 aromatic carbocycles. The number of carbonyl (C=O) groups excluding carboxylic acids is 1. The molecule has 5 nitrogen and oxygen atoms in total. The second-order valence-corrected chi connectivity index (χ2v) is 4.99. The third-order valence-corrected chi connectivity index (χ3v) is 1.99. The fraction of sp³-hybridized carbons (Fsp3) is 0.833. The van der Waals surface area contributed by atoms with Crippen molar-refractivity contribution in [1.82, 2.24) is 5.32 Å². The van der Waals surface area contributed by atoms with Crippen LogP contribution >= 0.6 is 0 Å². The number of carbonyl (C=O) groups is 2. The summed E-state index contributed by atoms with van der Waals surface area (Å²) in [5.41, 5.74) is -0.467. The predicted octanol–water partition coefficient (Wildman–Crippen LogP) is 1.90. The Kier molecular flexibility index (Phi) is 12.9. The monoisotopic (exact) mass is 285 g/mol. The Morgan fingerprint density at radius 3 is 2.17 bits per heavy atom. The molecule has 102 valence electrons. The molecule has 0 spiro atoms. The first-order chi connectivity index (χ1) is 7.81. The first-order valence-corrected chi connectivity index (χ1v) is 6.00. The zero-order valence-corrected chi connectivity index (χ0v) is 10.9. The van der Waals surface area contributed by atoms with Crippen molar-refractivity contribution in [3.63, 3.8) is 0 Å². The molecule has 0 heterocycles. The van der Waals surface area contributed by atoms with Gasteiger partial charge in [0.1, 0.15) is 5.60 Å². The maximum atomic E-state index is 11.2. The van der Waals surface area contributed by atoms with Crippen LogP contribution in [0.25, 0.3) is 0 Å². The minimum atomic E-state index is -0.753. The number of amides is 1. The van der Waals surface area contributed by atoms with Gasteiger partial charge in [0.25, 0.3) is 0 Å². The van der Waals surface area contributed by atoms with Gasteiger partial charge in [-0.2, -0.15) is 0 Å². The molecule has 2 N–H and O–H groups in total. The van der Waals surface area contributed by atoms with Crippen LogP contribution in [0.1, 0.15) is 52.9 Å². The first kappa shape index (κ1) is 20.7. The van der Waals surface area contributed by atoms with Crippen LogP contribution in [0, 0.1) is 0 Å². The molecule has 0 rings (SSSR count). The first-order valence-electron chi connectivity index (χ1n) is 6.00. The van der Waals surface area contributed by atoms with Crippen LogP contribution in [0.5, 0.6) is 0 Å². The molecule has 0 aromatic rings. The van der Waals surface area contributed by atoms with E-state index in [1.54, 1.807) is 0 Å². The Hall–Kier alpha value is 0.376. The fourth-order valence-corrected chi connectivity index (χ4v) is 1.26. The van der Waals surface area contributed by atoms with Crippen LogP contribution in [0.4, 0.5) is 4.79 Å². The van der Waals surface area contributed by atoms with Crippen LogP contribution in [0.15, 0.2) is 0 Å². The number of hydrogen-bond acceptors (Lipinski definition) is 3. The number of rotatable bonds is 7. The summed E-state index contributed by atoms with van der Waals surface area (Å²) in [6.07, 6.45) is 3.16. The van der Waals surface area contributed by atoms with Gasteiger partial charge in [-0.25, -0.2) is 4.79 Å². The van der Waals surface area contributed by atoms with Gasteiger partial charge in [-0.15, -0.1) is 0 Å². The standard InChI is InChI=1S/C12H23NO4.K.H/c1-12(2,3)17-11(16)13-9-7-5-4-6-8-10(14)15;;/h4-9H2,1-3H3,(H,13,16)(H,14,15);;. The summed E-state index contributed by atoms with van der Waals surface area (Å²) in [5, 5.41) is 11.1. The van der Waals surface area contributed by atoms with Crippen molar-refractivity contribution in [3.05, 3.63) is 0 Å². The van der Waals surface area contributed by atoms with E-state index in [9.17, 15) is 9.59 Å². The summed E-state index contributed by atoms with van der Waals surface area (Å²) in [4.78, 5) is 21.5. The Bertz CT molecular complexity index is 251. The van der Waals surface area contributed by atoms with Gasteiger partial charge in [-0.3, -0.25) is 4.79 Å². The third kappa shape index (κ3) is 16.4. The number of hydrogen-bond donors (Lipinski definition) is 2. The average Bonchev–Trinajstić information content (AvgIpc) is 2.12. The van der Waals surface area contributed by atoms with Gasteiger partial charge in [-0.1, -0.05) is 12.8 Å². The molecule has 0 aliphatic heterocycles. The summed E-state index contributed by atoms with van der Waals surface area (Å²) in [6, 6.07) is 0.